The Morgan fingerprint density at radius 3 is 2.85 bits per heavy atom. The van der Waals surface area contributed by atoms with Crippen LogP contribution in [0.15, 0.2) is 18.2 Å². The van der Waals surface area contributed by atoms with Crippen LogP contribution in [-0.4, -0.2) is 6.10 Å². The number of hydrogen-bond acceptors (Lipinski definition) is 2. The monoisotopic (exact) mass is 289 g/mol. The van der Waals surface area contributed by atoms with Crippen molar-refractivity contribution in [3.63, 3.8) is 0 Å². The molecule has 0 radical (unpaired) electrons. The van der Waals surface area contributed by atoms with Gasteiger partial charge in [0.1, 0.15) is 5.75 Å². The highest BCUT2D eigenvalue weighted by Gasteiger charge is 2.24. The maximum absolute atomic E-state index is 5.72. The van der Waals surface area contributed by atoms with E-state index in [1.54, 1.807) is 0 Å². The van der Waals surface area contributed by atoms with Gasteiger partial charge in [-0.3, -0.25) is 0 Å². The molecule has 1 aromatic carbocycles. The van der Waals surface area contributed by atoms with E-state index in [0.29, 0.717) is 12.6 Å². The highest BCUT2D eigenvalue weighted by Crippen LogP contribution is 2.29. The number of hydrogen-bond donors (Lipinski definition) is 1. The minimum atomic E-state index is 0.449. The summed E-state index contributed by atoms with van der Waals surface area (Å²) in [6.45, 7) is 0.554. The largest absolute Gasteiger partial charge is 0.490 e. The van der Waals surface area contributed by atoms with Gasteiger partial charge in [0.2, 0.25) is 0 Å². The Morgan fingerprint density at radius 2 is 2.23 bits per heavy atom. The summed E-state index contributed by atoms with van der Waals surface area (Å²) in [4.78, 5) is 0. The van der Waals surface area contributed by atoms with E-state index in [-0.39, 0.29) is 0 Å². The van der Waals surface area contributed by atoms with E-state index in [4.69, 9.17) is 10.5 Å². The molecule has 0 bridgehead atoms. The first kappa shape index (κ1) is 9.27. The van der Waals surface area contributed by atoms with Gasteiger partial charge in [-0.2, -0.15) is 0 Å². The molecule has 0 aromatic heterocycles. The summed E-state index contributed by atoms with van der Waals surface area (Å²) < 4.78 is 6.93. The molecule has 0 amide bonds. The fourth-order valence-corrected chi connectivity index (χ4v) is 1.74. The third-order valence-corrected chi connectivity index (χ3v) is 2.73. The smallest absolute Gasteiger partial charge is 0.124 e. The molecule has 0 atom stereocenters. The maximum atomic E-state index is 5.72. The molecule has 1 fully saturated rings. The van der Waals surface area contributed by atoms with Crippen LogP contribution >= 0.6 is 22.6 Å². The van der Waals surface area contributed by atoms with Crippen LogP contribution in [0.1, 0.15) is 18.4 Å². The summed E-state index contributed by atoms with van der Waals surface area (Å²) in [6, 6.07) is 6.15. The molecule has 0 aliphatic heterocycles. The summed E-state index contributed by atoms with van der Waals surface area (Å²) >= 11 is 2.28. The van der Waals surface area contributed by atoms with Gasteiger partial charge in [0, 0.05) is 15.7 Å². The van der Waals surface area contributed by atoms with Crippen LogP contribution in [0, 0.1) is 3.57 Å². The summed E-state index contributed by atoms with van der Waals surface area (Å²) in [5.74, 6) is 0.963. The zero-order chi connectivity index (χ0) is 9.26. The third kappa shape index (κ3) is 2.34. The number of benzene rings is 1. The first-order chi connectivity index (χ1) is 6.29. The number of nitrogens with two attached hydrogens (primary N) is 1. The van der Waals surface area contributed by atoms with Gasteiger partial charge in [0.05, 0.1) is 6.10 Å². The topological polar surface area (TPSA) is 35.2 Å². The van der Waals surface area contributed by atoms with Gasteiger partial charge in [-0.25, -0.2) is 0 Å². The molecule has 1 saturated carbocycles. The van der Waals surface area contributed by atoms with E-state index in [1.807, 2.05) is 6.07 Å². The molecule has 70 valence electrons. The Balaban J connectivity index is 2.21. The second-order valence-electron chi connectivity index (χ2n) is 3.27. The van der Waals surface area contributed by atoms with E-state index < -0.39 is 0 Å². The van der Waals surface area contributed by atoms with Gasteiger partial charge in [-0.05, 0) is 53.6 Å². The predicted molar refractivity (Wildman–Crippen MR) is 60.7 cm³/mol. The van der Waals surface area contributed by atoms with Crippen molar-refractivity contribution in [2.45, 2.75) is 25.5 Å². The maximum Gasteiger partial charge on any atom is 0.124 e. The lowest BCUT2D eigenvalue weighted by Gasteiger charge is -2.09. The quantitative estimate of drug-likeness (QED) is 0.867. The molecule has 2 nitrogen and oxygen atoms in total. The van der Waals surface area contributed by atoms with E-state index in [9.17, 15) is 0 Å². The van der Waals surface area contributed by atoms with E-state index in [1.165, 1.54) is 16.4 Å². The molecule has 13 heavy (non-hydrogen) atoms. The molecule has 2 N–H and O–H groups in total. The van der Waals surface area contributed by atoms with Crippen molar-refractivity contribution in [3.8, 4) is 5.75 Å². The number of rotatable bonds is 3. The van der Waals surface area contributed by atoms with Crippen LogP contribution in [0.5, 0.6) is 5.75 Å². The average molecular weight is 289 g/mol. The first-order valence-corrected chi connectivity index (χ1v) is 5.52. The lowest BCUT2D eigenvalue weighted by Crippen LogP contribution is -2.04. The highest BCUT2D eigenvalue weighted by atomic mass is 127. The van der Waals surface area contributed by atoms with Crippen LogP contribution in [0.2, 0.25) is 0 Å². The van der Waals surface area contributed by atoms with Crippen molar-refractivity contribution < 1.29 is 4.74 Å². The predicted octanol–water partition coefficient (Wildman–Crippen LogP) is 2.29. The van der Waals surface area contributed by atoms with Gasteiger partial charge < -0.3 is 10.5 Å². The minimum Gasteiger partial charge on any atom is -0.490 e. The zero-order valence-corrected chi connectivity index (χ0v) is 9.45. The second kappa shape index (κ2) is 3.84. The normalized spacial score (nSPS) is 15.8. The van der Waals surface area contributed by atoms with Crippen LogP contribution in [0.25, 0.3) is 0 Å². The fraction of sp³-hybridized carbons (Fsp3) is 0.400. The lowest BCUT2D eigenvalue weighted by atomic mass is 10.2. The molecule has 3 heteroatoms. The van der Waals surface area contributed by atoms with Crippen molar-refractivity contribution in [2.24, 2.45) is 5.73 Å². The summed E-state index contributed by atoms with van der Waals surface area (Å²) in [5.41, 5.74) is 6.74. The Hall–Kier alpha value is -0.290. The molecule has 1 aromatic rings. The molecule has 2 rings (SSSR count). The first-order valence-electron chi connectivity index (χ1n) is 4.45. The van der Waals surface area contributed by atoms with Crippen LogP contribution < -0.4 is 10.5 Å². The molecule has 0 unspecified atom stereocenters. The highest BCUT2D eigenvalue weighted by molar-refractivity contribution is 14.1. The van der Waals surface area contributed by atoms with Crippen molar-refractivity contribution in [1.82, 2.24) is 0 Å². The van der Waals surface area contributed by atoms with Gasteiger partial charge in [0.15, 0.2) is 0 Å². The molecule has 0 spiro atoms. The van der Waals surface area contributed by atoms with Crippen LogP contribution in [-0.2, 0) is 6.54 Å². The van der Waals surface area contributed by atoms with Crippen molar-refractivity contribution in [2.75, 3.05) is 0 Å². The average Bonchev–Trinajstić information content (AvgIpc) is 2.92. The number of halogens is 1. The lowest BCUT2D eigenvalue weighted by molar-refractivity contribution is 0.300. The Bertz CT molecular complexity index is 310. The molecular weight excluding hydrogens is 277 g/mol. The SMILES string of the molecule is NCc1cc(I)ccc1OC1CC1. The standard InChI is InChI=1S/C10H12INO/c11-8-1-4-10(7(5-8)6-12)13-9-2-3-9/h1,4-5,9H,2-3,6,12H2. The molecule has 1 aliphatic carbocycles. The molecule has 0 heterocycles. The van der Waals surface area contributed by atoms with E-state index >= 15 is 0 Å². The third-order valence-electron chi connectivity index (χ3n) is 2.06. The zero-order valence-electron chi connectivity index (χ0n) is 7.29. The second-order valence-corrected chi connectivity index (χ2v) is 4.52. The van der Waals surface area contributed by atoms with Gasteiger partial charge >= 0.3 is 0 Å². The van der Waals surface area contributed by atoms with Crippen LogP contribution in [0.3, 0.4) is 0 Å². The van der Waals surface area contributed by atoms with Crippen LogP contribution in [0.4, 0.5) is 0 Å². The minimum absolute atomic E-state index is 0.449. The summed E-state index contributed by atoms with van der Waals surface area (Å²) in [7, 11) is 0. The van der Waals surface area contributed by atoms with Crippen molar-refractivity contribution >= 4 is 22.6 Å². The molecular formula is C10H12INO. The summed E-state index contributed by atoms with van der Waals surface area (Å²) in [6.07, 6.45) is 2.83. The fourth-order valence-electron chi connectivity index (χ4n) is 1.19. The Morgan fingerprint density at radius 1 is 1.46 bits per heavy atom. The van der Waals surface area contributed by atoms with E-state index in [0.717, 1.165) is 11.3 Å². The van der Waals surface area contributed by atoms with Crippen molar-refractivity contribution in [1.29, 1.82) is 0 Å². The van der Waals surface area contributed by atoms with Crippen molar-refractivity contribution in [3.05, 3.63) is 27.3 Å². The Labute approximate surface area is 91.6 Å². The number of ether oxygens (including phenoxy) is 1. The van der Waals surface area contributed by atoms with Gasteiger partial charge in [-0.15, -0.1) is 0 Å². The van der Waals surface area contributed by atoms with Gasteiger partial charge in [-0.1, -0.05) is 0 Å². The van der Waals surface area contributed by atoms with E-state index in [2.05, 4.69) is 34.7 Å². The molecule has 0 saturated heterocycles. The Kier molecular flexibility index (Phi) is 2.74. The van der Waals surface area contributed by atoms with Gasteiger partial charge in [0.25, 0.3) is 0 Å². The molecule has 1 aliphatic rings. The summed E-state index contributed by atoms with van der Waals surface area (Å²) in [5, 5.41) is 0.